The first-order valence-corrected chi connectivity index (χ1v) is 5.40. The molecule has 1 aliphatic rings. The quantitative estimate of drug-likeness (QED) is 0.657. The fourth-order valence-corrected chi connectivity index (χ4v) is 1.97. The average molecular weight is 226 g/mol. The van der Waals surface area contributed by atoms with Crippen molar-refractivity contribution >= 4 is 11.9 Å². The molecule has 0 aromatic carbocycles. The first kappa shape index (κ1) is 12.7. The molecule has 0 aromatic rings. The van der Waals surface area contributed by atoms with Crippen molar-refractivity contribution in [3.8, 4) is 0 Å². The number of amides is 1. The number of carbonyl (C=O) groups is 2. The maximum Gasteiger partial charge on any atom is 0.332 e. The molecule has 1 aliphatic heterocycles. The highest BCUT2D eigenvalue weighted by molar-refractivity contribution is 5.86. The Morgan fingerprint density at radius 1 is 1.38 bits per heavy atom. The highest BCUT2D eigenvalue weighted by Gasteiger charge is 2.21. The van der Waals surface area contributed by atoms with Crippen molar-refractivity contribution < 1.29 is 14.7 Å². The molecule has 90 valence electrons. The van der Waals surface area contributed by atoms with Gasteiger partial charge in [-0.2, -0.15) is 0 Å². The van der Waals surface area contributed by atoms with Gasteiger partial charge in [0.15, 0.2) is 0 Å². The van der Waals surface area contributed by atoms with E-state index in [0.717, 1.165) is 25.9 Å². The van der Waals surface area contributed by atoms with Gasteiger partial charge in [0.2, 0.25) is 5.91 Å². The molecule has 1 heterocycles. The number of hydrogen-bond donors (Lipinski definition) is 2. The van der Waals surface area contributed by atoms with Crippen LogP contribution in [0, 0.1) is 5.92 Å². The SMILES string of the molecule is C=C(CN1CCC(CC(N)=O)CC1)C(=O)O. The van der Waals surface area contributed by atoms with E-state index in [-0.39, 0.29) is 11.5 Å². The van der Waals surface area contributed by atoms with E-state index in [4.69, 9.17) is 10.8 Å². The Labute approximate surface area is 94.9 Å². The number of carbonyl (C=O) groups excluding carboxylic acids is 1. The van der Waals surface area contributed by atoms with Gasteiger partial charge in [-0.15, -0.1) is 0 Å². The fraction of sp³-hybridized carbons (Fsp3) is 0.636. The third kappa shape index (κ3) is 4.02. The highest BCUT2D eigenvalue weighted by Crippen LogP contribution is 2.20. The van der Waals surface area contributed by atoms with Gasteiger partial charge < -0.3 is 10.8 Å². The van der Waals surface area contributed by atoms with Crippen LogP contribution in [-0.2, 0) is 9.59 Å². The number of likely N-dealkylation sites (tertiary alicyclic amines) is 1. The first-order chi connectivity index (χ1) is 7.49. The van der Waals surface area contributed by atoms with Gasteiger partial charge in [-0.25, -0.2) is 4.79 Å². The largest absolute Gasteiger partial charge is 0.478 e. The zero-order valence-electron chi connectivity index (χ0n) is 9.32. The minimum Gasteiger partial charge on any atom is -0.478 e. The molecule has 5 nitrogen and oxygen atoms in total. The summed E-state index contributed by atoms with van der Waals surface area (Å²) in [6.07, 6.45) is 2.24. The van der Waals surface area contributed by atoms with Gasteiger partial charge in [0.05, 0.1) is 0 Å². The molecule has 1 amide bonds. The minimum absolute atomic E-state index is 0.216. The van der Waals surface area contributed by atoms with Crippen molar-refractivity contribution in [2.24, 2.45) is 11.7 Å². The Morgan fingerprint density at radius 2 is 1.94 bits per heavy atom. The molecule has 0 aromatic heterocycles. The van der Waals surface area contributed by atoms with E-state index < -0.39 is 5.97 Å². The standard InChI is InChI=1S/C11H18N2O3/c1-8(11(15)16)7-13-4-2-9(3-5-13)6-10(12)14/h9H,1-7H2,(H2,12,14)(H,15,16). The molecule has 0 atom stereocenters. The van der Waals surface area contributed by atoms with E-state index in [2.05, 4.69) is 6.58 Å². The summed E-state index contributed by atoms with van der Waals surface area (Å²) in [5.41, 5.74) is 5.35. The summed E-state index contributed by atoms with van der Waals surface area (Å²) >= 11 is 0. The van der Waals surface area contributed by atoms with Crippen LogP contribution >= 0.6 is 0 Å². The number of piperidine rings is 1. The van der Waals surface area contributed by atoms with Gasteiger partial charge in [0.25, 0.3) is 0 Å². The average Bonchev–Trinajstić information content (AvgIpc) is 2.20. The lowest BCUT2D eigenvalue weighted by Gasteiger charge is -2.31. The molecule has 5 heteroatoms. The molecule has 3 N–H and O–H groups in total. The van der Waals surface area contributed by atoms with E-state index in [1.807, 2.05) is 4.90 Å². The summed E-state index contributed by atoms with van der Waals surface area (Å²) in [5.74, 6) is -0.848. The van der Waals surface area contributed by atoms with Gasteiger partial charge in [0, 0.05) is 18.5 Å². The molecule has 0 spiro atoms. The first-order valence-electron chi connectivity index (χ1n) is 5.40. The number of rotatable bonds is 5. The maximum absolute atomic E-state index is 10.7. The molecule has 0 radical (unpaired) electrons. The summed E-state index contributed by atoms with van der Waals surface area (Å²) < 4.78 is 0. The topological polar surface area (TPSA) is 83.6 Å². The van der Waals surface area contributed by atoms with Crippen LogP contribution in [0.25, 0.3) is 0 Å². The van der Waals surface area contributed by atoms with E-state index in [9.17, 15) is 9.59 Å². The maximum atomic E-state index is 10.7. The monoisotopic (exact) mass is 226 g/mol. The molecule has 0 aliphatic carbocycles. The van der Waals surface area contributed by atoms with Crippen LogP contribution in [-0.4, -0.2) is 41.5 Å². The van der Waals surface area contributed by atoms with Gasteiger partial charge in [-0.05, 0) is 31.8 Å². The van der Waals surface area contributed by atoms with Crippen LogP contribution < -0.4 is 5.73 Å². The molecule has 1 fully saturated rings. The second-order valence-electron chi connectivity index (χ2n) is 4.30. The molecule has 0 bridgehead atoms. The summed E-state index contributed by atoms with van der Waals surface area (Å²) in [6.45, 7) is 5.52. The second-order valence-corrected chi connectivity index (χ2v) is 4.30. The van der Waals surface area contributed by atoms with Crippen LogP contribution in [0.3, 0.4) is 0 Å². The van der Waals surface area contributed by atoms with Crippen molar-refractivity contribution in [2.45, 2.75) is 19.3 Å². The fourth-order valence-electron chi connectivity index (χ4n) is 1.97. The van der Waals surface area contributed by atoms with Crippen LogP contribution in [0.15, 0.2) is 12.2 Å². The third-order valence-electron chi connectivity index (χ3n) is 2.91. The van der Waals surface area contributed by atoms with Gasteiger partial charge in [-0.3, -0.25) is 9.69 Å². The van der Waals surface area contributed by atoms with Crippen LogP contribution in [0.5, 0.6) is 0 Å². The van der Waals surface area contributed by atoms with Crippen LogP contribution in [0.2, 0.25) is 0 Å². The molecule has 0 unspecified atom stereocenters. The van der Waals surface area contributed by atoms with E-state index >= 15 is 0 Å². The number of nitrogens with zero attached hydrogens (tertiary/aromatic N) is 1. The highest BCUT2D eigenvalue weighted by atomic mass is 16.4. The molecule has 16 heavy (non-hydrogen) atoms. The zero-order chi connectivity index (χ0) is 12.1. The summed E-state index contributed by atoms with van der Waals surface area (Å²) in [4.78, 5) is 23.4. The number of hydrogen-bond acceptors (Lipinski definition) is 3. The van der Waals surface area contributed by atoms with Crippen LogP contribution in [0.4, 0.5) is 0 Å². The molecule has 1 rings (SSSR count). The number of carboxylic acids is 1. The van der Waals surface area contributed by atoms with Crippen molar-refractivity contribution in [1.29, 1.82) is 0 Å². The lowest BCUT2D eigenvalue weighted by molar-refractivity contribution is -0.132. The lowest BCUT2D eigenvalue weighted by Crippen LogP contribution is -2.37. The zero-order valence-corrected chi connectivity index (χ0v) is 9.32. The molecule has 0 saturated carbocycles. The van der Waals surface area contributed by atoms with Crippen molar-refractivity contribution in [3.05, 3.63) is 12.2 Å². The number of aliphatic carboxylic acids is 1. The summed E-state index contributed by atoms with van der Waals surface area (Å²) in [7, 11) is 0. The normalized spacial score (nSPS) is 18.2. The predicted octanol–water partition coefficient (Wildman–Crippen LogP) is 0.215. The Bertz CT molecular complexity index is 294. The Kier molecular flexibility index (Phi) is 4.49. The third-order valence-corrected chi connectivity index (χ3v) is 2.91. The number of nitrogens with two attached hydrogens (primary N) is 1. The molecular weight excluding hydrogens is 208 g/mol. The predicted molar refractivity (Wildman–Crippen MR) is 59.8 cm³/mol. The Hall–Kier alpha value is -1.36. The van der Waals surface area contributed by atoms with Gasteiger partial charge in [-0.1, -0.05) is 6.58 Å². The van der Waals surface area contributed by atoms with Crippen molar-refractivity contribution in [2.75, 3.05) is 19.6 Å². The van der Waals surface area contributed by atoms with Gasteiger partial charge >= 0.3 is 5.97 Å². The lowest BCUT2D eigenvalue weighted by atomic mass is 9.93. The van der Waals surface area contributed by atoms with Crippen molar-refractivity contribution in [3.63, 3.8) is 0 Å². The molecular formula is C11H18N2O3. The second kappa shape index (κ2) is 5.65. The Morgan fingerprint density at radius 3 is 2.38 bits per heavy atom. The summed E-state index contributed by atoms with van der Waals surface area (Å²) in [5, 5.41) is 8.70. The minimum atomic E-state index is -0.945. The number of primary amides is 1. The Balaban J connectivity index is 2.29. The van der Waals surface area contributed by atoms with Crippen molar-refractivity contribution in [1.82, 2.24) is 4.90 Å². The van der Waals surface area contributed by atoms with E-state index in [0.29, 0.717) is 18.9 Å². The smallest absolute Gasteiger partial charge is 0.332 e. The molecule has 1 saturated heterocycles. The summed E-state index contributed by atoms with van der Waals surface area (Å²) in [6, 6.07) is 0. The van der Waals surface area contributed by atoms with Crippen LogP contribution in [0.1, 0.15) is 19.3 Å². The van der Waals surface area contributed by atoms with E-state index in [1.165, 1.54) is 0 Å². The number of carboxylic acid groups (broad SMARTS) is 1. The van der Waals surface area contributed by atoms with E-state index in [1.54, 1.807) is 0 Å². The van der Waals surface area contributed by atoms with Gasteiger partial charge in [0.1, 0.15) is 0 Å².